The summed E-state index contributed by atoms with van der Waals surface area (Å²) >= 11 is 3.12. The highest BCUT2D eigenvalue weighted by molar-refractivity contribution is 6.19. The Morgan fingerprint density at radius 2 is 1.54 bits per heavy atom. The number of fused-ring (bicyclic) bond motifs is 1. The van der Waals surface area contributed by atoms with Crippen molar-refractivity contribution < 1.29 is 9.47 Å². The molecule has 1 fully saturated rings. The van der Waals surface area contributed by atoms with E-state index >= 15 is 0 Å². The molecule has 0 aliphatic carbocycles. The summed E-state index contributed by atoms with van der Waals surface area (Å²) in [5.41, 5.74) is 3.48. The first kappa shape index (κ1) is 19.5. The van der Waals surface area contributed by atoms with Crippen LogP contribution in [-0.4, -0.2) is 33.9 Å². The first-order chi connectivity index (χ1) is 13.7. The number of benzene rings is 3. The van der Waals surface area contributed by atoms with Gasteiger partial charge in [0.25, 0.3) is 0 Å². The van der Waals surface area contributed by atoms with Gasteiger partial charge in [0.05, 0.1) is 13.2 Å². The van der Waals surface area contributed by atoms with Crippen molar-refractivity contribution in [1.82, 2.24) is 0 Å². The summed E-state index contributed by atoms with van der Waals surface area (Å²) in [4.78, 5) is 2.47. The monoisotopic (exact) mass is 387 g/mol. The Hall–Kier alpha value is -1.83. The fourth-order valence-corrected chi connectivity index (χ4v) is 4.23. The minimum atomic E-state index is -0.238. The molecule has 142 valence electrons. The maximum absolute atomic E-state index is 5.65. The minimum absolute atomic E-state index is 0.0635. The van der Waals surface area contributed by atoms with Gasteiger partial charge in [-0.25, -0.2) is 0 Å². The minimum Gasteiger partial charge on any atom is -0.352 e. The molecule has 0 unspecified atom stereocenters. The van der Waals surface area contributed by atoms with Crippen LogP contribution in [0.15, 0.2) is 66.7 Å². The van der Waals surface area contributed by atoms with Crippen LogP contribution in [-0.2, 0) is 9.47 Å². The van der Waals surface area contributed by atoms with E-state index in [1.54, 1.807) is 0 Å². The van der Waals surface area contributed by atoms with Gasteiger partial charge in [0.2, 0.25) is 0 Å². The Kier molecular flexibility index (Phi) is 5.76. The summed E-state index contributed by atoms with van der Waals surface area (Å²) < 4.78 is 11.2. The lowest BCUT2D eigenvalue weighted by Gasteiger charge is -2.44. The first-order valence-corrected chi connectivity index (χ1v) is 10.6. The molecule has 1 saturated heterocycles. The van der Waals surface area contributed by atoms with Crippen LogP contribution >= 0.6 is 0 Å². The molecule has 4 heteroatoms. The molecule has 0 bridgehead atoms. The second kappa shape index (κ2) is 8.27. The maximum atomic E-state index is 5.65. The zero-order valence-electron chi connectivity index (χ0n) is 16.6. The molecule has 28 heavy (non-hydrogen) atoms. The highest BCUT2D eigenvalue weighted by atomic mass is 27.0. The zero-order chi connectivity index (χ0) is 19.6. The van der Waals surface area contributed by atoms with E-state index in [1.807, 2.05) is 0 Å². The fraction of sp³-hybridized carbons (Fsp3) is 0.333. The van der Waals surface area contributed by atoms with Gasteiger partial charge in [-0.15, -0.1) is 0 Å². The SMILES string of the molecule is CC[C]([Al])(CC)N(c1ccc(C2OCCO2)cc1)c1cccc2ccccc12. The number of rotatable bonds is 6. The second-order valence-electron chi connectivity index (χ2n) is 7.31. The van der Waals surface area contributed by atoms with Gasteiger partial charge in [0.1, 0.15) is 0 Å². The normalized spacial score (nSPS) is 15.2. The number of ether oxygens (including phenoxy) is 2. The molecule has 1 aliphatic rings. The number of hydrogen-bond donors (Lipinski definition) is 0. The first-order valence-electron chi connectivity index (χ1n) is 10.1. The molecule has 1 heterocycles. The Morgan fingerprint density at radius 3 is 2.21 bits per heavy atom. The molecule has 3 nitrogen and oxygen atoms in total. The molecule has 4 rings (SSSR count). The van der Waals surface area contributed by atoms with Crippen molar-refractivity contribution in [2.24, 2.45) is 0 Å². The Balaban J connectivity index is 1.82. The topological polar surface area (TPSA) is 21.7 Å². The molecule has 0 aromatic heterocycles. The molecule has 1 aliphatic heterocycles. The van der Waals surface area contributed by atoms with Crippen molar-refractivity contribution in [2.45, 2.75) is 37.4 Å². The van der Waals surface area contributed by atoms with Crippen molar-refractivity contribution in [3.8, 4) is 0 Å². The smallest absolute Gasteiger partial charge is 0.184 e. The summed E-state index contributed by atoms with van der Waals surface area (Å²) in [6, 6.07) is 23.8. The van der Waals surface area contributed by atoms with Crippen LogP contribution in [0.3, 0.4) is 0 Å². The highest BCUT2D eigenvalue weighted by Crippen LogP contribution is 2.40. The van der Waals surface area contributed by atoms with E-state index in [4.69, 9.17) is 9.47 Å². The van der Waals surface area contributed by atoms with Gasteiger partial charge in [-0.1, -0.05) is 62.4 Å². The Morgan fingerprint density at radius 1 is 0.893 bits per heavy atom. The van der Waals surface area contributed by atoms with E-state index < -0.39 is 0 Å². The number of hydrogen-bond acceptors (Lipinski definition) is 3. The number of nitrogens with zero attached hydrogens (tertiary/aromatic N) is 1. The largest absolute Gasteiger partial charge is 0.352 e. The van der Waals surface area contributed by atoms with Crippen LogP contribution in [0.2, 0.25) is 0 Å². The lowest BCUT2D eigenvalue weighted by molar-refractivity contribution is -0.0441. The summed E-state index contributed by atoms with van der Waals surface area (Å²) in [5.74, 6) is 0. The van der Waals surface area contributed by atoms with E-state index in [0.29, 0.717) is 13.2 Å². The zero-order valence-corrected chi connectivity index (χ0v) is 17.8. The van der Waals surface area contributed by atoms with Crippen molar-refractivity contribution in [1.29, 1.82) is 0 Å². The van der Waals surface area contributed by atoms with Gasteiger partial charge in [0.15, 0.2) is 22.6 Å². The van der Waals surface area contributed by atoms with Crippen LogP contribution in [0.25, 0.3) is 10.8 Å². The van der Waals surface area contributed by atoms with Crippen LogP contribution in [0.4, 0.5) is 11.4 Å². The molecule has 0 saturated carbocycles. The molecule has 0 atom stereocenters. The Bertz CT molecular complexity index is 925. The van der Waals surface area contributed by atoms with Gasteiger partial charge >= 0.3 is 0 Å². The predicted molar refractivity (Wildman–Crippen MR) is 116 cm³/mol. The van der Waals surface area contributed by atoms with Crippen LogP contribution in [0.1, 0.15) is 38.5 Å². The molecular formula is C24H26AlNO2. The van der Waals surface area contributed by atoms with E-state index in [-0.39, 0.29) is 10.7 Å². The van der Waals surface area contributed by atoms with Crippen molar-refractivity contribution in [2.75, 3.05) is 18.1 Å². The van der Waals surface area contributed by atoms with Crippen molar-refractivity contribution >= 4 is 38.4 Å². The van der Waals surface area contributed by atoms with E-state index in [0.717, 1.165) is 18.4 Å². The summed E-state index contributed by atoms with van der Waals surface area (Å²) in [5, 5.41) is 2.53. The lowest BCUT2D eigenvalue weighted by Crippen LogP contribution is -2.46. The van der Waals surface area contributed by atoms with Gasteiger partial charge in [-0.05, 0) is 40.8 Å². The summed E-state index contributed by atoms with van der Waals surface area (Å²) in [7, 11) is 0. The molecular weight excluding hydrogens is 361 g/mol. The lowest BCUT2D eigenvalue weighted by atomic mass is 10.0. The van der Waals surface area contributed by atoms with Crippen molar-refractivity contribution in [3.05, 3.63) is 72.3 Å². The van der Waals surface area contributed by atoms with Crippen molar-refractivity contribution in [3.63, 3.8) is 0 Å². The average molecular weight is 387 g/mol. The molecule has 0 N–H and O–H groups in total. The summed E-state index contributed by atoms with van der Waals surface area (Å²) in [6.45, 7) is 5.83. The highest BCUT2D eigenvalue weighted by Gasteiger charge is 2.30. The molecule has 0 spiro atoms. The maximum Gasteiger partial charge on any atom is 0.184 e. The van der Waals surface area contributed by atoms with E-state index in [1.165, 1.54) is 22.1 Å². The molecule has 2 radical (unpaired) electrons. The standard InChI is InChI=1S/C24H26NO2.Al/c1-3-20(4-2)25(23-11-7-9-18-8-5-6-10-22(18)23)21-14-12-19(13-15-21)24-26-16-17-27-24;/h5-15,24H,3-4,16-17H2,1-2H3;. The molecule has 0 amide bonds. The third-order valence-electron chi connectivity index (χ3n) is 5.72. The van der Waals surface area contributed by atoms with E-state index in [2.05, 4.69) is 102 Å². The third kappa shape index (κ3) is 3.58. The third-order valence-corrected chi connectivity index (χ3v) is 6.80. The van der Waals surface area contributed by atoms with Gasteiger partial charge in [-0.3, -0.25) is 0 Å². The Labute approximate surface area is 175 Å². The van der Waals surface area contributed by atoms with Gasteiger partial charge < -0.3 is 14.4 Å². The number of anilines is 2. The van der Waals surface area contributed by atoms with Crippen LogP contribution in [0.5, 0.6) is 0 Å². The van der Waals surface area contributed by atoms with E-state index in [9.17, 15) is 0 Å². The quantitative estimate of drug-likeness (QED) is 0.506. The average Bonchev–Trinajstić information content (AvgIpc) is 3.29. The van der Waals surface area contributed by atoms with Crippen LogP contribution in [0, 0.1) is 0 Å². The summed E-state index contributed by atoms with van der Waals surface area (Å²) in [6.07, 6.45) is 1.81. The van der Waals surface area contributed by atoms with Crippen LogP contribution < -0.4 is 4.90 Å². The fourth-order valence-electron chi connectivity index (χ4n) is 3.94. The predicted octanol–water partition coefficient (Wildman–Crippen LogP) is 5.71. The second-order valence-corrected chi connectivity index (χ2v) is 8.38. The van der Waals surface area contributed by atoms with Gasteiger partial charge in [-0.2, -0.15) is 0 Å². The molecule has 3 aromatic carbocycles. The van der Waals surface area contributed by atoms with Gasteiger partial charge in [0, 0.05) is 22.3 Å². The molecule has 3 aromatic rings.